The van der Waals surface area contributed by atoms with Gasteiger partial charge in [0.05, 0.1) is 11.8 Å². The van der Waals surface area contributed by atoms with E-state index in [1.807, 2.05) is 0 Å². The number of rotatable bonds is 5. The van der Waals surface area contributed by atoms with Crippen molar-refractivity contribution in [1.82, 2.24) is 10.3 Å². The normalized spacial score (nSPS) is 23.2. The third kappa shape index (κ3) is 4.79. The van der Waals surface area contributed by atoms with Crippen LogP contribution in [0.5, 0.6) is 0 Å². The molecule has 2 aromatic rings. The molecule has 4 rings (SSSR count). The van der Waals surface area contributed by atoms with Gasteiger partial charge in [0.15, 0.2) is 0 Å². The van der Waals surface area contributed by atoms with Gasteiger partial charge in [-0.2, -0.15) is 5.10 Å². The second-order valence-corrected chi connectivity index (χ2v) is 9.26. The summed E-state index contributed by atoms with van der Waals surface area (Å²) in [6.07, 6.45) is 5.93. The number of hydrogen-bond acceptors (Lipinski definition) is 3. The first-order valence-corrected chi connectivity index (χ1v) is 10.9. The van der Waals surface area contributed by atoms with Gasteiger partial charge in [0.2, 0.25) is 0 Å². The highest BCUT2D eigenvalue weighted by molar-refractivity contribution is 6.07. The van der Waals surface area contributed by atoms with Crippen molar-refractivity contribution >= 4 is 11.8 Å². The molecule has 2 unspecified atom stereocenters. The molecule has 0 saturated heterocycles. The molecule has 1 N–H and O–H groups in total. The predicted molar refractivity (Wildman–Crippen MR) is 123 cm³/mol. The van der Waals surface area contributed by atoms with E-state index in [1.165, 1.54) is 35.3 Å². The van der Waals surface area contributed by atoms with E-state index < -0.39 is 0 Å². The van der Waals surface area contributed by atoms with Crippen molar-refractivity contribution in [2.75, 3.05) is 13.1 Å². The molecule has 2 atom stereocenters. The first-order valence-electron chi connectivity index (χ1n) is 10.9. The van der Waals surface area contributed by atoms with Crippen LogP contribution in [0.1, 0.15) is 57.2 Å². The molecular formula is C26H33N3. The lowest BCUT2D eigenvalue weighted by atomic mass is 9.77. The van der Waals surface area contributed by atoms with Gasteiger partial charge in [-0.1, -0.05) is 60.7 Å². The summed E-state index contributed by atoms with van der Waals surface area (Å²) in [4.78, 5) is 0. The van der Waals surface area contributed by atoms with Crippen LogP contribution in [0.4, 0.5) is 0 Å². The van der Waals surface area contributed by atoms with E-state index in [0.717, 1.165) is 19.5 Å². The molecule has 1 aliphatic heterocycles. The Morgan fingerprint density at radius 3 is 2.41 bits per heavy atom. The van der Waals surface area contributed by atoms with Crippen molar-refractivity contribution in [3.63, 3.8) is 0 Å². The van der Waals surface area contributed by atoms with Crippen LogP contribution in [0.25, 0.3) is 6.08 Å². The van der Waals surface area contributed by atoms with E-state index >= 15 is 0 Å². The fourth-order valence-corrected chi connectivity index (χ4v) is 4.56. The lowest BCUT2D eigenvalue weighted by molar-refractivity contribution is 0.192. The molecule has 3 heteroatoms. The quantitative estimate of drug-likeness (QED) is 0.716. The molecule has 1 fully saturated rings. The van der Waals surface area contributed by atoms with E-state index in [4.69, 9.17) is 5.10 Å². The molecule has 2 aromatic carbocycles. The van der Waals surface area contributed by atoms with Gasteiger partial charge >= 0.3 is 0 Å². The molecule has 1 saturated carbocycles. The lowest BCUT2D eigenvalue weighted by Gasteiger charge is -2.31. The molecule has 0 amide bonds. The Hall–Kier alpha value is -2.39. The highest BCUT2D eigenvalue weighted by atomic mass is 15.5. The number of benzene rings is 2. The summed E-state index contributed by atoms with van der Waals surface area (Å²) in [5.74, 6) is 0.482. The largest absolute Gasteiger partial charge is 0.310 e. The maximum absolute atomic E-state index is 5.21. The van der Waals surface area contributed by atoms with Crippen molar-refractivity contribution < 1.29 is 0 Å². The van der Waals surface area contributed by atoms with Gasteiger partial charge in [0.25, 0.3) is 0 Å². The Bertz CT molecular complexity index is 862. The fourth-order valence-electron chi connectivity index (χ4n) is 4.56. The van der Waals surface area contributed by atoms with Gasteiger partial charge in [0.1, 0.15) is 0 Å². The van der Waals surface area contributed by atoms with Gasteiger partial charge in [-0.25, -0.2) is 0 Å². The summed E-state index contributed by atoms with van der Waals surface area (Å²) >= 11 is 0. The number of nitrogens with one attached hydrogen (secondary N) is 1. The first-order chi connectivity index (χ1) is 14.0. The Labute approximate surface area is 175 Å². The van der Waals surface area contributed by atoms with Gasteiger partial charge in [-0.3, -0.25) is 5.01 Å². The second-order valence-electron chi connectivity index (χ2n) is 9.26. The maximum Gasteiger partial charge on any atom is 0.0805 e. The van der Waals surface area contributed by atoms with E-state index in [1.54, 1.807) is 0 Å². The smallest absolute Gasteiger partial charge is 0.0805 e. The van der Waals surface area contributed by atoms with Crippen LogP contribution in [0.3, 0.4) is 0 Å². The zero-order valence-corrected chi connectivity index (χ0v) is 17.9. The molecule has 29 heavy (non-hydrogen) atoms. The van der Waals surface area contributed by atoms with Crippen LogP contribution in [-0.4, -0.2) is 29.3 Å². The molecular weight excluding hydrogens is 354 g/mol. The summed E-state index contributed by atoms with van der Waals surface area (Å²) < 4.78 is 0. The minimum Gasteiger partial charge on any atom is -0.310 e. The summed E-state index contributed by atoms with van der Waals surface area (Å²) in [6.45, 7) is 8.53. The molecule has 2 aliphatic rings. The zero-order chi connectivity index (χ0) is 20.3. The van der Waals surface area contributed by atoms with E-state index in [-0.39, 0.29) is 5.54 Å². The lowest BCUT2D eigenvalue weighted by Crippen LogP contribution is -2.41. The summed E-state index contributed by atoms with van der Waals surface area (Å²) in [5, 5.41) is 11.2. The summed E-state index contributed by atoms with van der Waals surface area (Å²) in [6, 6.07) is 22.0. The van der Waals surface area contributed by atoms with E-state index in [9.17, 15) is 0 Å². The number of hydrogen-bond donors (Lipinski definition) is 1. The topological polar surface area (TPSA) is 27.6 Å². The summed E-state index contributed by atoms with van der Waals surface area (Å²) in [7, 11) is 0. The van der Waals surface area contributed by atoms with Crippen molar-refractivity contribution in [2.24, 2.45) is 11.0 Å². The monoisotopic (exact) mass is 387 g/mol. The Morgan fingerprint density at radius 2 is 1.72 bits per heavy atom. The third-order valence-electron chi connectivity index (χ3n) is 5.86. The average Bonchev–Trinajstić information content (AvgIpc) is 3.08. The predicted octanol–water partition coefficient (Wildman–Crippen LogP) is 5.67. The third-order valence-corrected chi connectivity index (χ3v) is 5.86. The molecule has 3 nitrogen and oxygen atoms in total. The van der Waals surface area contributed by atoms with Crippen LogP contribution in [0.2, 0.25) is 0 Å². The Kier molecular flexibility index (Phi) is 5.86. The van der Waals surface area contributed by atoms with Crippen LogP contribution < -0.4 is 5.32 Å². The second kappa shape index (κ2) is 8.54. The SMILES string of the molecule is CC(C)(C)NCCN1N=C2C(=Cc3ccccc3)CCCC2C1c1ccccc1. The van der Waals surface area contributed by atoms with Gasteiger partial charge in [-0.15, -0.1) is 0 Å². The van der Waals surface area contributed by atoms with E-state index in [0.29, 0.717) is 12.0 Å². The molecule has 0 spiro atoms. The van der Waals surface area contributed by atoms with Crippen molar-refractivity contribution in [2.45, 2.75) is 51.6 Å². The standard InChI is InChI=1S/C26H33N3/c1-26(2,3)27-17-18-29-25(21-13-8-5-9-14-21)23-16-10-15-22(24(23)28-29)19-20-11-6-4-7-12-20/h4-9,11-14,19,23,25,27H,10,15-18H2,1-3H3. The molecule has 1 heterocycles. The number of hydrazone groups is 1. The molecule has 0 aromatic heterocycles. The first kappa shape index (κ1) is 19.9. The molecule has 1 aliphatic carbocycles. The minimum atomic E-state index is 0.125. The number of nitrogens with zero attached hydrogens (tertiary/aromatic N) is 2. The van der Waals surface area contributed by atoms with Crippen molar-refractivity contribution in [3.8, 4) is 0 Å². The fraction of sp³-hybridized carbons (Fsp3) is 0.423. The Morgan fingerprint density at radius 1 is 1.03 bits per heavy atom. The van der Waals surface area contributed by atoms with E-state index in [2.05, 4.69) is 97.8 Å². The number of fused-ring (bicyclic) bond motifs is 1. The maximum atomic E-state index is 5.21. The highest BCUT2D eigenvalue weighted by Gasteiger charge is 2.40. The molecule has 0 radical (unpaired) electrons. The molecule has 0 bridgehead atoms. The van der Waals surface area contributed by atoms with Crippen molar-refractivity contribution in [1.29, 1.82) is 0 Å². The van der Waals surface area contributed by atoms with Gasteiger partial charge in [0, 0.05) is 24.5 Å². The minimum absolute atomic E-state index is 0.125. The Balaban J connectivity index is 1.63. The van der Waals surface area contributed by atoms with Crippen LogP contribution in [-0.2, 0) is 0 Å². The average molecular weight is 388 g/mol. The van der Waals surface area contributed by atoms with Crippen LogP contribution in [0.15, 0.2) is 71.3 Å². The van der Waals surface area contributed by atoms with Crippen molar-refractivity contribution in [3.05, 3.63) is 77.4 Å². The van der Waals surface area contributed by atoms with Gasteiger partial charge in [-0.05, 0) is 62.8 Å². The summed E-state index contributed by atoms with van der Waals surface area (Å²) in [5.41, 5.74) is 5.51. The van der Waals surface area contributed by atoms with Gasteiger partial charge < -0.3 is 5.32 Å². The van der Waals surface area contributed by atoms with Crippen LogP contribution >= 0.6 is 0 Å². The zero-order valence-electron chi connectivity index (χ0n) is 17.9. The highest BCUT2D eigenvalue weighted by Crippen LogP contribution is 2.44. The molecule has 152 valence electrons. The van der Waals surface area contributed by atoms with Crippen LogP contribution in [0, 0.1) is 5.92 Å². The number of allylic oxidation sites excluding steroid dienone is 1.